The molecule has 4 nitrogen and oxygen atoms in total. The number of hydrogen-bond donors (Lipinski definition) is 1. The number of amides is 2. The van der Waals surface area contributed by atoms with Crippen LogP contribution in [0.5, 0.6) is 0 Å². The first kappa shape index (κ1) is 22.6. The number of carbonyl (C=O) groups excluding carboxylic acids is 2. The summed E-state index contributed by atoms with van der Waals surface area (Å²) >= 11 is 13.6. The van der Waals surface area contributed by atoms with E-state index in [1.807, 2.05) is 43.3 Å². The Hall–Kier alpha value is -1.69. The second-order valence-electron chi connectivity index (χ2n) is 6.31. The zero-order chi connectivity index (χ0) is 20.5. The number of carbonyl (C=O) groups is 2. The number of rotatable bonds is 9. The highest BCUT2D eigenvalue weighted by Gasteiger charge is 2.25. The Balaban J connectivity index is 2.03. The molecule has 7 heteroatoms. The van der Waals surface area contributed by atoms with Crippen LogP contribution in [0, 0.1) is 0 Å². The van der Waals surface area contributed by atoms with Gasteiger partial charge in [0.05, 0.1) is 5.75 Å². The number of likely N-dealkylation sites (N-methyl/N-ethyl adjacent to an activating group) is 1. The van der Waals surface area contributed by atoms with Crippen LogP contribution in [0.25, 0.3) is 0 Å². The molecule has 0 aromatic heterocycles. The average molecular weight is 439 g/mol. The standard InChI is InChI=1S/C21H24Cl2N2O2S/c1-3-24-21(27)15(2)25(12-16-7-5-4-6-8-16)20(26)14-28-13-17-9-10-18(22)11-19(17)23/h4-11,15H,3,12-14H2,1-2H3,(H,24,27). The molecule has 150 valence electrons. The molecule has 0 bridgehead atoms. The lowest BCUT2D eigenvalue weighted by Gasteiger charge is -2.28. The van der Waals surface area contributed by atoms with Gasteiger partial charge in [0, 0.05) is 28.9 Å². The Morgan fingerprint density at radius 2 is 1.86 bits per heavy atom. The maximum absolute atomic E-state index is 12.9. The van der Waals surface area contributed by atoms with Gasteiger partial charge in [0.25, 0.3) is 0 Å². The first-order chi connectivity index (χ1) is 13.4. The van der Waals surface area contributed by atoms with E-state index in [1.54, 1.807) is 24.0 Å². The van der Waals surface area contributed by atoms with E-state index in [1.165, 1.54) is 11.8 Å². The van der Waals surface area contributed by atoms with Gasteiger partial charge < -0.3 is 10.2 Å². The molecule has 1 unspecified atom stereocenters. The Morgan fingerprint density at radius 1 is 1.14 bits per heavy atom. The first-order valence-electron chi connectivity index (χ1n) is 9.05. The van der Waals surface area contributed by atoms with Gasteiger partial charge in [-0.2, -0.15) is 0 Å². The monoisotopic (exact) mass is 438 g/mol. The van der Waals surface area contributed by atoms with Crippen molar-refractivity contribution in [2.75, 3.05) is 12.3 Å². The largest absolute Gasteiger partial charge is 0.355 e. The minimum atomic E-state index is -0.549. The van der Waals surface area contributed by atoms with Crippen molar-refractivity contribution in [2.24, 2.45) is 0 Å². The van der Waals surface area contributed by atoms with E-state index in [-0.39, 0.29) is 17.6 Å². The van der Waals surface area contributed by atoms with Crippen molar-refractivity contribution in [1.82, 2.24) is 10.2 Å². The van der Waals surface area contributed by atoms with Crippen LogP contribution >= 0.6 is 35.0 Å². The summed E-state index contributed by atoms with van der Waals surface area (Å²) < 4.78 is 0. The summed E-state index contributed by atoms with van der Waals surface area (Å²) in [6.45, 7) is 4.53. The molecule has 0 fully saturated rings. The lowest BCUT2D eigenvalue weighted by atomic mass is 10.1. The minimum Gasteiger partial charge on any atom is -0.355 e. The van der Waals surface area contributed by atoms with Crippen LogP contribution in [-0.4, -0.2) is 35.1 Å². The molecule has 0 radical (unpaired) electrons. The number of halogens is 2. The Kier molecular flexibility index (Phi) is 9.16. The van der Waals surface area contributed by atoms with E-state index in [0.29, 0.717) is 28.9 Å². The van der Waals surface area contributed by atoms with Gasteiger partial charge in [-0.1, -0.05) is 59.6 Å². The molecule has 0 aliphatic heterocycles. The van der Waals surface area contributed by atoms with E-state index in [0.717, 1.165) is 11.1 Å². The third-order valence-corrected chi connectivity index (χ3v) is 5.77. The van der Waals surface area contributed by atoms with Crippen LogP contribution in [0.4, 0.5) is 0 Å². The van der Waals surface area contributed by atoms with Crippen LogP contribution in [0.1, 0.15) is 25.0 Å². The predicted octanol–water partition coefficient (Wildman–Crippen LogP) is 4.78. The molecule has 1 atom stereocenters. The molecule has 1 N–H and O–H groups in total. The fourth-order valence-corrected chi connectivity index (χ4v) is 4.12. The van der Waals surface area contributed by atoms with Crippen LogP contribution in [0.2, 0.25) is 10.0 Å². The molecule has 0 saturated heterocycles. The summed E-state index contributed by atoms with van der Waals surface area (Å²) in [5, 5.41) is 3.96. The average Bonchev–Trinajstić information content (AvgIpc) is 2.68. The maximum atomic E-state index is 12.9. The van der Waals surface area contributed by atoms with Crippen molar-refractivity contribution in [3.05, 3.63) is 69.7 Å². The quantitative estimate of drug-likeness (QED) is 0.612. The fourth-order valence-electron chi connectivity index (χ4n) is 2.65. The first-order valence-corrected chi connectivity index (χ1v) is 11.0. The second-order valence-corrected chi connectivity index (χ2v) is 8.14. The highest BCUT2D eigenvalue weighted by Crippen LogP contribution is 2.25. The van der Waals surface area contributed by atoms with Gasteiger partial charge in [-0.05, 0) is 37.1 Å². The number of nitrogens with one attached hydrogen (secondary N) is 1. The van der Waals surface area contributed by atoms with Crippen molar-refractivity contribution in [3.63, 3.8) is 0 Å². The Morgan fingerprint density at radius 3 is 2.50 bits per heavy atom. The van der Waals surface area contributed by atoms with Crippen molar-refractivity contribution in [1.29, 1.82) is 0 Å². The number of benzene rings is 2. The SMILES string of the molecule is CCNC(=O)C(C)N(Cc1ccccc1)C(=O)CSCc1ccc(Cl)cc1Cl. The van der Waals surface area contributed by atoms with Gasteiger partial charge in [-0.3, -0.25) is 9.59 Å². The third kappa shape index (κ3) is 6.73. The second kappa shape index (κ2) is 11.3. The van der Waals surface area contributed by atoms with Crippen molar-refractivity contribution < 1.29 is 9.59 Å². The summed E-state index contributed by atoms with van der Waals surface area (Å²) in [5.74, 6) is 0.613. The van der Waals surface area contributed by atoms with Crippen LogP contribution in [-0.2, 0) is 21.9 Å². The topological polar surface area (TPSA) is 49.4 Å². The van der Waals surface area contributed by atoms with Crippen LogP contribution in [0.3, 0.4) is 0 Å². The minimum absolute atomic E-state index is 0.0855. The van der Waals surface area contributed by atoms with Gasteiger partial charge in [0.2, 0.25) is 11.8 Å². The third-order valence-electron chi connectivity index (χ3n) is 4.21. The summed E-state index contributed by atoms with van der Waals surface area (Å²) in [5.41, 5.74) is 1.91. The lowest BCUT2D eigenvalue weighted by molar-refractivity contribution is -0.138. The molecular weight excluding hydrogens is 415 g/mol. The molecule has 2 rings (SSSR count). The molecule has 0 saturated carbocycles. The normalized spacial score (nSPS) is 11.7. The molecule has 28 heavy (non-hydrogen) atoms. The van der Waals surface area contributed by atoms with Crippen LogP contribution in [0.15, 0.2) is 48.5 Å². The van der Waals surface area contributed by atoms with E-state index >= 15 is 0 Å². The highest BCUT2D eigenvalue weighted by molar-refractivity contribution is 7.99. The Labute approximate surface area is 180 Å². The van der Waals surface area contributed by atoms with Gasteiger partial charge in [0.15, 0.2) is 0 Å². The van der Waals surface area contributed by atoms with E-state index in [9.17, 15) is 9.59 Å². The molecular formula is C21H24Cl2N2O2S. The molecule has 2 aromatic carbocycles. The van der Waals surface area contributed by atoms with Crippen molar-refractivity contribution >= 4 is 46.8 Å². The van der Waals surface area contributed by atoms with E-state index in [2.05, 4.69) is 5.32 Å². The zero-order valence-electron chi connectivity index (χ0n) is 16.0. The Bertz CT molecular complexity index is 802. The molecule has 0 spiro atoms. The predicted molar refractivity (Wildman–Crippen MR) is 118 cm³/mol. The highest BCUT2D eigenvalue weighted by atomic mass is 35.5. The van der Waals surface area contributed by atoms with Crippen LogP contribution < -0.4 is 5.32 Å². The molecule has 0 heterocycles. The van der Waals surface area contributed by atoms with Gasteiger partial charge in [0.1, 0.15) is 6.04 Å². The zero-order valence-corrected chi connectivity index (χ0v) is 18.3. The summed E-state index contributed by atoms with van der Waals surface area (Å²) in [6, 6.07) is 14.5. The number of hydrogen-bond acceptors (Lipinski definition) is 3. The summed E-state index contributed by atoms with van der Waals surface area (Å²) in [6.07, 6.45) is 0. The van der Waals surface area contributed by atoms with Crippen molar-refractivity contribution in [3.8, 4) is 0 Å². The smallest absolute Gasteiger partial charge is 0.242 e. The molecule has 2 aromatic rings. The molecule has 0 aliphatic carbocycles. The van der Waals surface area contributed by atoms with Gasteiger partial charge in [-0.15, -0.1) is 11.8 Å². The summed E-state index contributed by atoms with van der Waals surface area (Å²) in [4.78, 5) is 26.8. The fraction of sp³-hybridized carbons (Fsp3) is 0.333. The van der Waals surface area contributed by atoms with Gasteiger partial charge >= 0.3 is 0 Å². The summed E-state index contributed by atoms with van der Waals surface area (Å²) in [7, 11) is 0. The molecule has 0 aliphatic rings. The lowest BCUT2D eigenvalue weighted by Crippen LogP contribution is -2.48. The van der Waals surface area contributed by atoms with E-state index < -0.39 is 6.04 Å². The molecule has 2 amide bonds. The number of thioether (sulfide) groups is 1. The van der Waals surface area contributed by atoms with Gasteiger partial charge in [-0.25, -0.2) is 0 Å². The number of nitrogens with zero attached hydrogens (tertiary/aromatic N) is 1. The maximum Gasteiger partial charge on any atom is 0.242 e. The van der Waals surface area contributed by atoms with Crippen molar-refractivity contribution in [2.45, 2.75) is 32.2 Å². The van der Waals surface area contributed by atoms with E-state index in [4.69, 9.17) is 23.2 Å².